The highest BCUT2D eigenvalue weighted by atomic mass is 16.6. The second-order valence-electron chi connectivity index (χ2n) is 14.3. The number of nitrogen functional groups attached to an aromatic ring is 1. The van der Waals surface area contributed by atoms with Crippen LogP contribution in [-0.2, 0) is 13.0 Å². The molecule has 2 heterocycles. The summed E-state index contributed by atoms with van der Waals surface area (Å²) in [5, 5.41) is 51.1. The molecule has 0 spiro atoms. The number of aryl methyl sites for hydroxylation is 1. The zero-order chi connectivity index (χ0) is 48.4. The van der Waals surface area contributed by atoms with E-state index in [1.165, 1.54) is 51.6 Å². The second kappa shape index (κ2) is 21.2. The summed E-state index contributed by atoms with van der Waals surface area (Å²) in [5.74, 6) is 1.06. The average molecular weight is 904 g/mol. The predicted octanol–water partition coefficient (Wildman–Crippen LogP) is 5.97. The number of anilines is 1. The van der Waals surface area contributed by atoms with Gasteiger partial charge in [0.25, 0.3) is 28.2 Å². The van der Waals surface area contributed by atoms with Crippen LogP contribution in [0.25, 0.3) is 33.2 Å². The summed E-state index contributed by atoms with van der Waals surface area (Å²) in [6.07, 6.45) is 1.44. The Morgan fingerprint density at radius 3 is 1.52 bits per heavy atom. The summed E-state index contributed by atoms with van der Waals surface area (Å²) in [4.78, 5) is 78.1. The van der Waals surface area contributed by atoms with Crippen LogP contribution >= 0.6 is 0 Å². The minimum atomic E-state index is -1.28. The van der Waals surface area contributed by atoms with Gasteiger partial charge < -0.3 is 30.1 Å². The van der Waals surface area contributed by atoms with Gasteiger partial charge in [-0.25, -0.2) is 14.8 Å². The van der Waals surface area contributed by atoms with Gasteiger partial charge >= 0.3 is 13.0 Å². The predicted molar refractivity (Wildman–Crippen MR) is 245 cm³/mol. The lowest BCUT2D eigenvalue weighted by Crippen LogP contribution is -2.35. The van der Waals surface area contributed by atoms with Crippen molar-refractivity contribution in [3.8, 4) is 22.9 Å². The quantitative estimate of drug-likeness (QED) is 0.0519. The van der Waals surface area contributed by atoms with Gasteiger partial charge in [0.1, 0.15) is 23.1 Å². The number of benzene rings is 5. The molecular weight excluding hydrogens is 861 g/mol. The molecule has 0 radical (unpaired) electrons. The molecule has 0 atom stereocenters. The van der Waals surface area contributed by atoms with Gasteiger partial charge in [0.2, 0.25) is 0 Å². The molecule has 23 heteroatoms. The molecule has 22 nitrogen and oxygen atoms in total. The van der Waals surface area contributed by atoms with Crippen LogP contribution in [0.15, 0.2) is 113 Å². The maximum absolute atomic E-state index is 13.2. The third-order valence-electron chi connectivity index (χ3n) is 9.91. The van der Waals surface area contributed by atoms with E-state index in [9.17, 15) is 49.8 Å². The van der Waals surface area contributed by atoms with E-state index < -0.39 is 33.3 Å². The highest BCUT2D eigenvalue weighted by molar-refractivity contribution is 6.45. The molecule has 0 fully saturated rings. The molecule has 7 aromatic rings. The van der Waals surface area contributed by atoms with Gasteiger partial charge in [-0.15, -0.1) is 0 Å². The number of fused-ring (bicyclic) bond motifs is 2. The van der Waals surface area contributed by atoms with E-state index in [0.717, 1.165) is 18.6 Å². The van der Waals surface area contributed by atoms with E-state index in [2.05, 4.69) is 9.97 Å². The number of non-ortho nitro benzene ring substituents is 3. The smallest absolute Gasteiger partial charge is 0.376 e. The number of nitro benzene ring substituents is 3. The number of nitrogens with two attached hydrogens (primary N) is 1. The Bertz CT molecular complexity index is 3070. The summed E-state index contributed by atoms with van der Waals surface area (Å²) >= 11 is 0. The first-order valence-corrected chi connectivity index (χ1v) is 19.7. The summed E-state index contributed by atoms with van der Waals surface area (Å²) in [6, 6.07) is 25.3. The Balaban J connectivity index is 0.000000198. The van der Waals surface area contributed by atoms with Crippen molar-refractivity contribution >= 4 is 57.6 Å². The standard InChI is InChI=1S/C18H19BN4O5.C18H17N3O4.C7H6N2O4/c1-19(25)21(2)11-17-20-16-9-6-13(23(26)27)10-15(16)18(24)22(17)12-4-7-14(28-3)8-5-12;1-3-4-17-19-16-10-7-13(21(23)24)11-15(16)18(22)20(17)12-5-8-14(25-2)9-6-12;8-6-2-1-4(9(12)13)3-5(6)7(10)11/h4-10,25H,11H2,1-3H3;5-11H,3-4H2,1-2H3;1-3H,8H2,(H,10,11). The molecule has 0 saturated heterocycles. The lowest BCUT2D eigenvalue weighted by Gasteiger charge is -2.20. The number of ether oxygens (including phenoxy) is 2. The van der Waals surface area contributed by atoms with Crippen molar-refractivity contribution < 1.29 is 39.2 Å². The summed E-state index contributed by atoms with van der Waals surface area (Å²) in [6.45, 7) is 3.82. The van der Waals surface area contributed by atoms with E-state index in [0.29, 0.717) is 52.0 Å². The van der Waals surface area contributed by atoms with Crippen molar-refractivity contribution in [3.63, 3.8) is 0 Å². The minimum Gasteiger partial charge on any atom is -0.497 e. The number of methoxy groups -OCH3 is 2. The highest BCUT2D eigenvalue weighted by Gasteiger charge is 2.21. The average Bonchev–Trinajstić information content (AvgIpc) is 3.29. The third-order valence-corrected chi connectivity index (χ3v) is 9.91. The molecule has 7 rings (SSSR count). The van der Waals surface area contributed by atoms with Crippen LogP contribution < -0.4 is 26.3 Å². The SMILES string of the molecule is CCCc1nc2ccc([N+](=O)[O-])cc2c(=O)n1-c1ccc(OC)cc1.COc1ccc(-n2c(CN(C)B(C)O)nc3ccc([N+](=O)[O-])cc3c2=O)cc1.Nc1ccc([N+](=O)[O-])cc1C(=O)O. The van der Waals surface area contributed by atoms with Crippen molar-refractivity contribution in [2.75, 3.05) is 27.0 Å². The normalized spacial score (nSPS) is 10.7. The van der Waals surface area contributed by atoms with E-state index >= 15 is 0 Å². The Hall–Kier alpha value is -8.57. The molecule has 0 unspecified atom stereocenters. The van der Waals surface area contributed by atoms with Crippen molar-refractivity contribution in [3.05, 3.63) is 171 Å². The van der Waals surface area contributed by atoms with E-state index in [4.69, 9.17) is 20.3 Å². The minimum absolute atomic E-state index is 0.0121. The Labute approximate surface area is 374 Å². The monoisotopic (exact) mass is 903 g/mol. The highest BCUT2D eigenvalue weighted by Crippen LogP contribution is 2.23. The fourth-order valence-corrected chi connectivity index (χ4v) is 6.36. The number of hydrogen-bond donors (Lipinski definition) is 3. The molecule has 340 valence electrons. The molecular formula is C43H42BN9O13. The summed E-state index contributed by atoms with van der Waals surface area (Å²) in [7, 11) is 4.07. The molecule has 0 saturated carbocycles. The van der Waals surface area contributed by atoms with Crippen LogP contribution in [0.1, 0.15) is 35.4 Å². The van der Waals surface area contributed by atoms with Crippen LogP contribution in [0.2, 0.25) is 6.82 Å². The summed E-state index contributed by atoms with van der Waals surface area (Å²) < 4.78 is 13.2. The second-order valence-corrected chi connectivity index (χ2v) is 14.3. The van der Waals surface area contributed by atoms with Gasteiger partial charge in [-0.2, -0.15) is 0 Å². The first kappa shape index (κ1) is 48.5. The number of carboxylic acid groups (broad SMARTS) is 1. The van der Waals surface area contributed by atoms with E-state index in [1.807, 2.05) is 6.92 Å². The van der Waals surface area contributed by atoms with Crippen molar-refractivity contribution in [1.29, 1.82) is 0 Å². The molecule has 66 heavy (non-hydrogen) atoms. The van der Waals surface area contributed by atoms with E-state index in [-0.39, 0.29) is 51.2 Å². The van der Waals surface area contributed by atoms with Gasteiger partial charge in [-0.1, -0.05) is 6.92 Å². The van der Waals surface area contributed by atoms with Gasteiger partial charge in [0.15, 0.2) is 0 Å². The molecule has 0 aliphatic rings. The van der Waals surface area contributed by atoms with E-state index in [1.54, 1.807) is 81.4 Å². The number of nitro groups is 3. The maximum atomic E-state index is 13.2. The molecule has 0 amide bonds. The first-order chi connectivity index (χ1) is 31.4. The topological polar surface area (TPSA) is 304 Å². The van der Waals surface area contributed by atoms with Crippen LogP contribution in [0.4, 0.5) is 22.7 Å². The number of nitrogens with zero attached hydrogens (tertiary/aromatic N) is 8. The number of hydrogen-bond acceptors (Lipinski definition) is 16. The van der Waals surface area contributed by atoms with Gasteiger partial charge in [-0.05, 0) is 87.0 Å². The largest absolute Gasteiger partial charge is 0.497 e. The first-order valence-electron chi connectivity index (χ1n) is 19.7. The molecule has 2 aromatic heterocycles. The zero-order valence-electron chi connectivity index (χ0n) is 36.1. The molecule has 0 bridgehead atoms. The number of carbonyl (C=O) groups is 1. The lowest BCUT2D eigenvalue weighted by atomic mass is 9.86. The fraction of sp³-hybridized carbons (Fsp3) is 0.186. The number of carboxylic acids is 1. The van der Waals surface area contributed by atoms with Crippen molar-refractivity contribution in [2.24, 2.45) is 0 Å². The van der Waals surface area contributed by atoms with Crippen molar-refractivity contribution in [2.45, 2.75) is 33.1 Å². The van der Waals surface area contributed by atoms with Crippen LogP contribution in [-0.4, -0.2) is 83.1 Å². The van der Waals surface area contributed by atoms with Gasteiger partial charge in [0, 0.05) is 55.1 Å². The van der Waals surface area contributed by atoms with Crippen molar-refractivity contribution in [1.82, 2.24) is 23.9 Å². The zero-order valence-corrected chi connectivity index (χ0v) is 36.1. The number of aromatic carboxylic acids is 1. The number of aromatic nitrogens is 4. The van der Waals surface area contributed by atoms with Crippen LogP contribution in [0, 0.1) is 30.3 Å². The fourth-order valence-electron chi connectivity index (χ4n) is 6.36. The molecule has 0 aliphatic carbocycles. The van der Waals surface area contributed by atoms with Gasteiger partial charge in [-0.3, -0.25) is 49.1 Å². The molecule has 4 N–H and O–H groups in total. The Kier molecular flexibility index (Phi) is 15.6. The Morgan fingerprint density at radius 2 is 1.12 bits per heavy atom. The van der Waals surface area contributed by atoms with Crippen LogP contribution in [0.3, 0.4) is 0 Å². The van der Waals surface area contributed by atoms with Gasteiger partial charge in [0.05, 0.1) is 67.7 Å². The molecule has 5 aromatic carbocycles. The lowest BCUT2D eigenvalue weighted by molar-refractivity contribution is -0.385. The maximum Gasteiger partial charge on any atom is 0.376 e. The third kappa shape index (κ3) is 11.1. The Morgan fingerprint density at radius 1 is 0.712 bits per heavy atom. The summed E-state index contributed by atoms with van der Waals surface area (Å²) in [5.41, 5.74) is 5.72. The molecule has 0 aliphatic heterocycles. The number of rotatable bonds is 13. The van der Waals surface area contributed by atoms with Crippen LogP contribution in [0.5, 0.6) is 11.5 Å².